The van der Waals surface area contributed by atoms with Gasteiger partial charge < -0.3 is 10.1 Å². The molecule has 7 heteroatoms. The summed E-state index contributed by atoms with van der Waals surface area (Å²) < 4.78 is 5.41. The van der Waals surface area contributed by atoms with Crippen molar-refractivity contribution in [1.82, 2.24) is 10.2 Å². The monoisotopic (exact) mass is 383 g/mol. The number of rotatable bonds is 6. The minimum Gasteiger partial charge on any atom is -0.379 e. The van der Waals surface area contributed by atoms with Gasteiger partial charge in [0.15, 0.2) is 0 Å². The molecule has 1 saturated heterocycles. The van der Waals surface area contributed by atoms with Crippen molar-refractivity contribution in [1.29, 1.82) is 0 Å². The van der Waals surface area contributed by atoms with E-state index in [0.29, 0.717) is 30.9 Å². The molecule has 3 rings (SSSR count). The second kappa shape index (κ2) is 8.95. The number of morpholine rings is 1. The van der Waals surface area contributed by atoms with Crippen LogP contribution in [-0.4, -0.2) is 48.6 Å². The van der Waals surface area contributed by atoms with Gasteiger partial charge >= 0.3 is 0 Å². The van der Waals surface area contributed by atoms with Gasteiger partial charge in [-0.1, -0.05) is 29.8 Å². The van der Waals surface area contributed by atoms with E-state index in [1.54, 1.807) is 13.0 Å². The molecule has 0 aromatic heterocycles. The Morgan fingerprint density at radius 2 is 1.86 bits per heavy atom. The highest BCUT2D eigenvalue weighted by molar-refractivity contribution is 5.95. The van der Waals surface area contributed by atoms with Crippen molar-refractivity contribution < 1.29 is 14.5 Å². The summed E-state index contributed by atoms with van der Waals surface area (Å²) in [7, 11) is 0. The highest BCUT2D eigenvalue weighted by Crippen LogP contribution is 2.21. The molecule has 1 aliphatic rings. The first-order valence-corrected chi connectivity index (χ1v) is 9.36. The van der Waals surface area contributed by atoms with Crippen LogP contribution in [0.15, 0.2) is 42.5 Å². The Bertz CT molecular complexity index is 845. The maximum atomic E-state index is 12.8. The van der Waals surface area contributed by atoms with Gasteiger partial charge in [-0.3, -0.25) is 19.8 Å². The zero-order valence-corrected chi connectivity index (χ0v) is 16.2. The zero-order chi connectivity index (χ0) is 20.1. The normalized spacial score (nSPS) is 15.8. The summed E-state index contributed by atoms with van der Waals surface area (Å²) in [6, 6.07) is 12.4. The van der Waals surface area contributed by atoms with E-state index < -0.39 is 4.92 Å². The van der Waals surface area contributed by atoms with E-state index in [9.17, 15) is 14.9 Å². The number of nitrogens with one attached hydrogen (secondary N) is 1. The first kappa shape index (κ1) is 20.0. The summed E-state index contributed by atoms with van der Waals surface area (Å²) in [5.41, 5.74) is 3.09. The Kier molecular flexibility index (Phi) is 6.38. The van der Waals surface area contributed by atoms with Crippen LogP contribution in [0, 0.1) is 24.0 Å². The smallest absolute Gasteiger partial charge is 0.272 e. The van der Waals surface area contributed by atoms with Crippen LogP contribution >= 0.6 is 0 Å². The molecule has 7 nitrogen and oxygen atoms in total. The molecular weight excluding hydrogens is 358 g/mol. The molecule has 1 fully saturated rings. The standard InChI is InChI=1S/C21H25N3O4/c1-15-3-5-17(6-4-15)19(14-23-9-11-28-12-10-23)22-21(25)18-7-8-20(24(26)27)16(2)13-18/h3-8,13,19H,9-12,14H2,1-2H3,(H,22,25)/t19-/m0/s1. The molecule has 0 unspecified atom stereocenters. The molecule has 1 N–H and O–H groups in total. The number of nitrogens with zero attached hydrogens (tertiary/aromatic N) is 2. The van der Waals surface area contributed by atoms with E-state index >= 15 is 0 Å². The first-order valence-electron chi connectivity index (χ1n) is 9.36. The fraction of sp³-hybridized carbons (Fsp3) is 0.381. The Morgan fingerprint density at radius 3 is 2.46 bits per heavy atom. The molecule has 1 heterocycles. The van der Waals surface area contributed by atoms with Gasteiger partial charge in [-0.25, -0.2) is 0 Å². The summed E-state index contributed by atoms with van der Waals surface area (Å²) in [6.07, 6.45) is 0. The van der Waals surface area contributed by atoms with Gasteiger partial charge in [0.25, 0.3) is 11.6 Å². The Morgan fingerprint density at radius 1 is 1.18 bits per heavy atom. The van der Waals surface area contributed by atoms with Crippen molar-refractivity contribution in [3.05, 3.63) is 74.8 Å². The van der Waals surface area contributed by atoms with Crippen LogP contribution in [0.3, 0.4) is 0 Å². The maximum absolute atomic E-state index is 12.8. The van der Waals surface area contributed by atoms with Crippen molar-refractivity contribution in [3.8, 4) is 0 Å². The average Bonchev–Trinajstić information content (AvgIpc) is 2.68. The van der Waals surface area contributed by atoms with Gasteiger partial charge in [0, 0.05) is 36.8 Å². The summed E-state index contributed by atoms with van der Waals surface area (Å²) in [6.45, 7) is 7.39. The molecule has 2 aromatic rings. The number of nitro groups is 1. The minimum absolute atomic E-state index is 0.0138. The van der Waals surface area contributed by atoms with Crippen LogP contribution < -0.4 is 5.32 Å². The molecule has 0 bridgehead atoms. The Hall–Kier alpha value is -2.77. The van der Waals surface area contributed by atoms with Crippen molar-refractivity contribution in [3.63, 3.8) is 0 Å². The third-order valence-electron chi connectivity index (χ3n) is 4.99. The predicted molar refractivity (Wildman–Crippen MR) is 106 cm³/mol. The number of carbonyl (C=O) groups is 1. The van der Waals surface area contributed by atoms with Crippen molar-refractivity contribution in [2.45, 2.75) is 19.9 Å². The molecule has 0 spiro atoms. The first-order chi connectivity index (χ1) is 13.4. The van der Waals surface area contributed by atoms with Crippen LogP contribution in [-0.2, 0) is 4.74 Å². The summed E-state index contributed by atoms with van der Waals surface area (Å²) in [5, 5.41) is 14.1. The van der Waals surface area contributed by atoms with Gasteiger partial charge in [0.1, 0.15) is 0 Å². The number of nitro benzene ring substituents is 1. The van der Waals surface area contributed by atoms with Crippen LogP contribution in [0.4, 0.5) is 5.69 Å². The average molecular weight is 383 g/mol. The molecule has 1 atom stereocenters. The number of hydrogen-bond acceptors (Lipinski definition) is 5. The van der Waals surface area contributed by atoms with Gasteiger partial charge in [-0.15, -0.1) is 0 Å². The van der Waals surface area contributed by atoms with Crippen molar-refractivity contribution in [2.24, 2.45) is 0 Å². The lowest BCUT2D eigenvalue weighted by molar-refractivity contribution is -0.385. The third kappa shape index (κ3) is 4.94. The summed E-state index contributed by atoms with van der Waals surface area (Å²) in [5.74, 6) is -0.239. The highest BCUT2D eigenvalue weighted by Gasteiger charge is 2.22. The van der Waals surface area contributed by atoms with Crippen molar-refractivity contribution in [2.75, 3.05) is 32.8 Å². The zero-order valence-electron chi connectivity index (χ0n) is 16.2. The van der Waals surface area contributed by atoms with E-state index in [-0.39, 0.29) is 17.6 Å². The SMILES string of the molecule is Cc1ccc([C@H](CN2CCOCC2)NC(=O)c2ccc([N+](=O)[O-])c(C)c2)cc1. The molecular formula is C21H25N3O4. The number of benzene rings is 2. The highest BCUT2D eigenvalue weighted by atomic mass is 16.6. The topological polar surface area (TPSA) is 84.7 Å². The lowest BCUT2D eigenvalue weighted by Gasteiger charge is -2.31. The Labute approximate surface area is 164 Å². The molecule has 1 amide bonds. The largest absolute Gasteiger partial charge is 0.379 e. The number of amides is 1. The van der Waals surface area contributed by atoms with E-state index in [4.69, 9.17) is 4.74 Å². The third-order valence-corrected chi connectivity index (χ3v) is 4.99. The second-order valence-electron chi connectivity index (χ2n) is 7.11. The van der Waals surface area contributed by atoms with Gasteiger partial charge in [0.05, 0.1) is 24.2 Å². The molecule has 1 aliphatic heterocycles. The number of ether oxygens (including phenoxy) is 1. The number of hydrogen-bond donors (Lipinski definition) is 1. The quantitative estimate of drug-likeness (QED) is 0.612. The van der Waals surface area contributed by atoms with E-state index in [1.807, 2.05) is 31.2 Å². The Balaban J connectivity index is 1.79. The second-order valence-corrected chi connectivity index (χ2v) is 7.11. The molecule has 28 heavy (non-hydrogen) atoms. The van der Waals surface area contributed by atoms with E-state index in [0.717, 1.165) is 24.2 Å². The van der Waals surface area contributed by atoms with Gasteiger partial charge in [-0.2, -0.15) is 0 Å². The van der Waals surface area contributed by atoms with Crippen LogP contribution in [0.2, 0.25) is 0 Å². The van der Waals surface area contributed by atoms with Gasteiger partial charge in [-0.05, 0) is 31.5 Å². The number of aryl methyl sites for hydroxylation is 2. The van der Waals surface area contributed by atoms with Gasteiger partial charge in [0.2, 0.25) is 0 Å². The van der Waals surface area contributed by atoms with Crippen LogP contribution in [0.5, 0.6) is 0 Å². The molecule has 2 aromatic carbocycles. The fourth-order valence-corrected chi connectivity index (χ4v) is 3.32. The lowest BCUT2D eigenvalue weighted by atomic mass is 10.0. The molecule has 0 radical (unpaired) electrons. The maximum Gasteiger partial charge on any atom is 0.272 e. The summed E-state index contributed by atoms with van der Waals surface area (Å²) in [4.78, 5) is 25.7. The predicted octanol–water partition coefficient (Wildman–Crippen LogP) is 3.01. The van der Waals surface area contributed by atoms with E-state index in [1.165, 1.54) is 12.1 Å². The fourth-order valence-electron chi connectivity index (χ4n) is 3.32. The number of carbonyl (C=O) groups excluding carboxylic acids is 1. The van der Waals surface area contributed by atoms with Crippen molar-refractivity contribution >= 4 is 11.6 Å². The molecule has 0 saturated carbocycles. The summed E-state index contributed by atoms with van der Waals surface area (Å²) >= 11 is 0. The van der Waals surface area contributed by atoms with Crippen LogP contribution in [0.25, 0.3) is 0 Å². The molecule has 148 valence electrons. The lowest BCUT2D eigenvalue weighted by Crippen LogP contribution is -2.43. The minimum atomic E-state index is -0.440. The van der Waals surface area contributed by atoms with Crippen LogP contribution in [0.1, 0.15) is 33.1 Å². The molecule has 0 aliphatic carbocycles. The van der Waals surface area contributed by atoms with E-state index in [2.05, 4.69) is 10.2 Å².